The minimum absolute atomic E-state index is 0.135. The molecule has 21 heavy (non-hydrogen) atoms. The summed E-state index contributed by atoms with van der Waals surface area (Å²) in [6.45, 7) is 3.35. The Morgan fingerprint density at radius 1 is 0.952 bits per heavy atom. The summed E-state index contributed by atoms with van der Waals surface area (Å²) < 4.78 is 0. The number of hydrogen-bond donors (Lipinski definition) is 2. The van der Waals surface area contributed by atoms with Gasteiger partial charge in [0.1, 0.15) is 0 Å². The van der Waals surface area contributed by atoms with E-state index in [1.807, 2.05) is 18.2 Å². The van der Waals surface area contributed by atoms with E-state index in [0.717, 1.165) is 19.4 Å². The van der Waals surface area contributed by atoms with Gasteiger partial charge in [-0.15, -0.1) is 0 Å². The van der Waals surface area contributed by atoms with E-state index in [0.29, 0.717) is 5.92 Å². The summed E-state index contributed by atoms with van der Waals surface area (Å²) in [4.78, 5) is 0. The van der Waals surface area contributed by atoms with E-state index in [1.54, 1.807) is 0 Å². The minimum atomic E-state index is 0.135. The van der Waals surface area contributed by atoms with Gasteiger partial charge in [-0.05, 0) is 36.4 Å². The lowest BCUT2D eigenvalue weighted by atomic mass is 9.97. The first-order valence-electron chi connectivity index (χ1n) is 7.72. The fourth-order valence-corrected chi connectivity index (χ4v) is 2.55. The topological polar surface area (TPSA) is 32.3 Å². The standard InChI is InChI=1S/C19H25NO/c1-16(18-10-6-3-7-11-18)12-13-20-19(15-21)14-17-8-4-2-5-9-17/h2-11,16,19-21H,12-15H2,1H3. The van der Waals surface area contributed by atoms with Crippen molar-refractivity contribution in [2.75, 3.05) is 13.2 Å². The van der Waals surface area contributed by atoms with Crippen molar-refractivity contribution in [1.29, 1.82) is 0 Å². The van der Waals surface area contributed by atoms with E-state index in [2.05, 4.69) is 54.7 Å². The van der Waals surface area contributed by atoms with E-state index in [9.17, 15) is 5.11 Å². The molecule has 0 heterocycles. The average molecular weight is 283 g/mol. The van der Waals surface area contributed by atoms with Crippen LogP contribution in [0.5, 0.6) is 0 Å². The fraction of sp³-hybridized carbons (Fsp3) is 0.368. The molecular formula is C19H25NO. The molecule has 2 N–H and O–H groups in total. The van der Waals surface area contributed by atoms with Crippen LogP contribution in [0.25, 0.3) is 0 Å². The van der Waals surface area contributed by atoms with E-state index < -0.39 is 0 Å². The van der Waals surface area contributed by atoms with Gasteiger partial charge in [0, 0.05) is 6.04 Å². The maximum Gasteiger partial charge on any atom is 0.0587 e. The molecule has 0 radical (unpaired) electrons. The summed E-state index contributed by atoms with van der Waals surface area (Å²) in [7, 11) is 0. The maximum atomic E-state index is 9.51. The minimum Gasteiger partial charge on any atom is -0.395 e. The summed E-state index contributed by atoms with van der Waals surface area (Å²) in [5.74, 6) is 0.537. The molecule has 0 bridgehead atoms. The van der Waals surface area contributed by atoms with Crippen molar-refractivity contribution in [2.24, 2.45) is 0 Å². The van der Waals surface area contributed by atoms with Crippen molar-refractivity contribution >= 4 is 0 Å². The predicted octanol–water partition coefficient (Wildman–Crippen LogP) is 3.37. The van der Waals surface area contributed by atoms with Crippen molar-refractivity contribution < 1.29 is 5.11 Å². The Morgan fingerprint density at radius 2 is 1.57 bits per heavy atom. The zero-order valence-electron chi connectivity index (χ0n) is 12.7. The van der Waals surface area contributed by atoms with Gasteiger partial charge in [0.15, 0.2) is 0 Å². The second-order valence-corrected chi connectivity index (χ2v) is 5.62. The molecule has 2 nitrogen and oxygen atoms in total. The number of aliphatic hydroxyl groups excluding tert-OH is 1. The molecule has 2 aromatic rings. The Labute approximate surface area is 127 Å². The van der Waals surface area contributed by atoms with Gasteiger partial charge in [0.05, 0.1) is 6.61 Å². The van der Waals surface area contributed by atoms with Crippen molar-refractivity contribution in [3.63, 3.8) is 0 Å². The molecular weight excluding hydrogens is 258 g/mol. The van der Waals surface area contributed by atoms with Crippen LogP contribution in [-0.2, 0) is 6.42 Å². The molecule has 0 aromatic heterocycles. The van der Waals surface area contributed by atoms with Crippen LogP contribution in [0.4, 0.5) is 0 Å². The highest BCUT2D eigenvalue weighted by Gasteiger charge is 2.09. The number of hydrogen-bond acceptors (Lipinski definition) is 2. The molecule has 0 aliphatic rings. The molecule has 2 atom stereocenters. The SMILES string of the molecule is CC(CCNC(CO)Cc1ccccc1)c1ccccc1. The molecule has 2 rings (SSSR count). The van der Waals surface area contributed by atoms with Crippen LogP contribution in [0, 0.1) is 0 Å². The summed E-state index contributed by atoms with van der Waals surface area (Å²) in [6, 6.07) is 21.0. The Balaban J connectivity index is 1.76. The van der Waals surface area contributed by atoms with E-state index in [1.165, 1.54) is 11.1 Å². The predicted molar refractivity (Wildman–Crippen MR) is 88.5 cm³/mol. The third kappa shape index (κ3) is 5.33. The third-order valence-corrected chi connectivity index (χ3v) is 3.92. The average Bonchev–Trinajstić information content (AvgIpc) is 2.55. The first-order valence-corrected chi connectivity index (χ1v) is 7.72. The Bertz CT molecular complexity index is 497. The van der Waals surface area contributed by atoms with Crippen LogP contribution >= 0.6 is 0 Å². The van der Waals surface area contributed by atoms with Crippen molar-refractivity contribution in [3.05, 3.63) is 71.8 Å². The first kappa shape index (κ1) is 15.7. The second-order valence-electron chi connectivity index (χ2n) is 5.62. The molecule has 2 unspecified atom stereocenters. The molecule has 0 aliphatic heterocycles. The molecule has 0 amide bonds. The Kier molecular flexibility index (Phi) is 6.45. The van der Waals surface area contributed by atoms with Gasteiger partial charge in [0.2, 0.25) is 0 Å². The van der Waals surface area contributed by atoms with Gasteiger partial charge < -0.3 is 10.4 Å². The third-order valence-electron chi connectivity index (χ3n) is 3.92. The monoisotopic (exact) mass is 283 g/mol. The first-order chi connectivity index (χ1) is 10.3. The highest BCUT2D eigenvalue weighted by Crippen LogP contribution is 2.17. The zero-order valence-corrected chi connectivity index (χ0v) is 12.7. The maximum absolute atomic E-state index is 9.51. The molecule has 0 saturated carbocycles. The van der Waals surface area contributed by atoms with E-state index >= 15 is 0 Å². The van der Waals surface area contributed by atoms with Gasteiger partial charge in [-0.2, -0.15) is 0 Å². The van der Waals surface area contributed by atoms with Crippen molar-refractivity contribution in [1.82, 2.24) is 5.32 Å². The quantitative estimate of drug-likeness (QED) is 0.778. The zero-order chi connectivity index (χ0) is 14.9. The van der Waals surface area contributed by atoms with Crippen LogP contribution in [0.1, 0.15) is 30.4 Å². The molecule has 0 spiro atoms. The lowest BCUT2D eigenvalue weighted by Crippen LogP contribution is -2.35. The van der Waals surface area contributed by atoms with E-state index in [4.69, 9.17) is 0 Å². The molecule has 0 aliphatic carbocycles. The normalized spacial score (nSPS) is 13.8. The Morgan fingerprint density at radius 3 is 2.19 bits per heavy atom. The van der Waals surface area contributed by atoms with Crippen LogP contribution in [0.2, 0.25) is 0 Å². The summed E-state index contributed by atoms with van der Waals surface area (Å²) in [6.07, 6.45) is 1.95. The highest BCUT2D eigenvalue weighted by molar-refractivity contribution is 5.18. The van der Waals surface area contributed by atoms with Crippen LogP contribution < -0.4 is 5.32 Å². The summed E-state index contributed by atoms with van der Waals surface area (Å²) in [5, 5.41) is 13.0. The molecule has 2 aromatic carbocycles. The van der Waals surface area contributed by atoms with Crippen LogP contribution in [-0.4, -0.2) is 24.3 Å². The lowest BCUT2D eigenvalue weighted by molar-refractivity contribution is 0.241. The Hall–Kier alpha value is -1.64. The number of aliphatic hydroxyl groups is 1. The molecule has 112 valence electrons. The number of rotatable bonds is 8. The largest absolute Gasteiger partial charge is 0.395 e. The van der Waals surface area contributed by atoms with Gasteiger partial charge in [-0.3, -0.25) is 0 Å². The summed E-state index contributed by atoms with van der Waals surface area (Å²) in [5.41, 5.74) is 2.64. The summed E-state index contributed by atoms with van der Waals surface area (Å²) >= 11 is 0. The molecule has 2 heteroatoms. The van der Waals surface area contributed by atoms with Crippen LogP contribution in [0.15, 0.2) is 60.7 Å². The van der Waals surface area contributed by atoms with Gasteiger partial charge >= 0.3 is 0 Å². The van der Waals surface area contributed by atoms with E-state index in [-0.39, 0.29) is 12.6 Å². The fourth-order valence-electron chi connectivity index (χ4n) is 2.55. The van der Waals surface area contributed by atoms with Gasteiger partial charge in [-0.1, -0.05) is 67.6 Å². The molecule has 0 fully saturated rings. The lowest BCUT2D eigenvalue weighted by Gasteiger charge is -2.18. The van der Waals surface area contributed by atoms with Crippen LogP contribution in [0.3, 0.4) is 0 Å². The molecule has 0 saturated heterocycles. The highest BCUT2D eigenvalue weighted by atomic mass is 16.3. The van der Waals surface area contributed by atoms with Crippen molar-refractivity contribution in [2.45, 2.75) is 31.7 Å². The van der Waals surface area contributed by atoms with Gasteiger partial charge in [0.25, 0.3) is 0 Å². The van der Waals surface area contributed by atoms with Crippen molar-refractivity contribution in [3.8, 4) is 0 Å². The number of nitrogens with one attached hydrogen (secondary N) is 1. The van der Waals surface area contributed by atoms with Gasteiger partial charge in [-0.25, -0.2) is 0 Å². The smallest absolute Gasteiger partial charge is 0.0587 e. The number of benzene rings is 2. The second kappa shape index (κ2) is 8.60.